The van der Waals surface area contributed by atoms with E-state index in [1.54, 1.807) is 24.6 Å². The number of hydrogen-bond donors (Lipinski definition) is 1. The zero-order valence-electron chi connectivity index (χ0n) is 13.6. The van der Waals surface area contributed by atoms with Gasteiger partial charge in [-0.15, -0.1) is 11.3 Å². The van der Waals surface area contributed by atoms with E-state index in [1.165, 1.54) is 23.7 Å². The molecule has 1 N–H and O–H groups in total. The number of nitrogens with one attached hydrogen (secondary N) is 1. The Morgan fingerprint density at radius 3 is 2.96 bits per heavy atom. The average Bonchev–Trinajstić information content (AvgIpc) is 3.34. The van der Waals surface area contributed by atoms with Crippen molar-refractivity contribution in [3.63, 3.8) is 0 Å². The summed E-state index contributed by atoms with van der Waals surface area (Å²) in [7, 11) is 0. The molecule has 7 nitrogen and oxygen atoms in total. The summed E-state index contributed by atoms with van der Waals surface area (Å²) < 4.78 is 38.1. The van der Waals surface area contributed by atoms with Gasteiger partial charge in [0.15, 0.2) is 6.10 Å². The Hall–Kier alpha value is -2.75. The Labute approximate surface area is 150 Å². The molecule has 10 heteroatoms. The number of rotatable bonds is 5. The molecule has 2 atom stereocenters. The summed E-state index contributed by atoms with van der Waals surface area (Å²) in [5.41, 5.74) is 3.58. The van der Waals surface area contributed by atoms with E-state index in [-0.39, 0.29) is 0 Å². The Bertz CT molecular complexity index is 958. The van der Waals surface area contributed by atoms with Crippen LogP contribution in [0.1, 0.15) is 13.5 Å². The lowest BCUT2D eigenvalue weighted by molar-refractivity contribution is 0.0566. The molecule has 0 radical (unpaired) electrons. The molecule has 4 rings (SSSR count). The van der Waals surface area contributed by atoms with Crippen LogP contribution in [0.5, 0.6) is 5.75 Å². The van der Waals surface area contributed by atoms with Gasteiger partial charge in [0, 0.05) is 11.8 Å². The van der Waals surface area contributed by atoms with E-state index in [9.17, 15) is 13.6 Å². The number of fused-ring (bicyclic) bond motifs is 1. The highest BCUT2D eigenvalue weighted by atomic mass is 32.1. The Kier molecular flexibility index (Phi) is 4.19. The van der Waals surface area contributed by atoms with Gasteiger partial charge >= 0.3 is 12.6 Å². The third-order valence-electron chi connectivity index (χ3n) is 4.07. The van der Waals surface area contributed by atoms with Gasteiger partial charge in [0.1, 0.15) is 11.9 Å². The molecule has 3 heterocycles. The first-order chi connectivity index (χ1) is 12.5. The molecule has 0 unspecified atom stereocenters. The predicted molar refractivity (Wildman–Crippen MR) is 90.5 cm³/mol. The summed E-state index contributed by atoms with van der Waals surface area (Å²) in [6.07, 6.45) is 1.37. The number of carbonyl (C=O) groups excluding carboxylic acids is 1. The van der Waals surface area contributed by atoms with E-state index >= 15 is 0 Å². The zero-order valence-corrected chi connectivity index (χ0v) is 14.4. The minimum Gasteiger partial charge on any atom is -0.485 e. The number of nitrogens with zero attached hydrogens (tertiary/aromatic N) is 3. The van der Waals surface area contributed by atoms with Gasteiger partial charge in [0.2, 0.25) is 0 Å². The molecule has 0 aliphatic carbocycles. The van der Waals surface area contributed by atoms with E-state index in [4.69, 9.17) is 9.47 Å². The maximum absolute atomic E-state index is 12.8. The van der Waals surface area contributed by atoms with Crippen LogP contribution in [0.15, 0.2) is 30.0 Å². The molecule has 0 saturated carbocycles. The molecule has 1 amide bonds. The number of alkyl carbamates (subject to hydrolysis) is 1. The van der Waals surface area contributed by atoms with Crippen LogP contribution >= 0.6 is 11.3 Å². The normalized spacial score (nSPS) is 18.2. The second kappa shape index (κ2) is 6.52. The SMILES string of the molecule is C[C@@H](Oc1cc(-c2cnn(C(F)F)c2)cc2ncsc12)[C@H]1CNC(=O)O1. The summed E-state index contributed by atoms with van der Waals surface area (Å²) in [5.74, 6) is 0.556. The summed E-state index contributed by atoms with van der Waals surface area (Å²) in [6.45, 7) is -0.529. The molecule has 26 heavy (non-hydrogen) atoms. The van der Waals surface area contributed by atoms with Gasteiger partial charge in [0.05, 0.1) is 28.5 Å². The van der Waals surface area contributed by atoms with Crippen LogP contribution in [-0.2, 0) is 4.74 Å². The van der Waals surface area contributed by atoms with Crippen molar-refractivity contribution in [1.82, 2.24) is 20.1 Å². The molecule has 1 saturated heterocycles. The van der Waals surface area contributed by atoms with E-state index in [0.717, 1.165) is 4.70 Å². The molecule has 2 aromatic heterocycles. The van der Waals surface area contributed by atoms with E-state index in [0.29, 0.717) is 33.6 Å². The van der Waals surface area contributed by atoms with Crippen molar-refractivity contribution in [3.05, 3.63) is 30.0 Å². The van der Waals surface area contributed by atoms with Crippen LogP contribution in [0, 0.1) is 0 Å². The number of hydrogen-bond acceptors (Lipinski definition) is 6. The van der Waals surface area contributed by atoms with Gasteiger partial charge in [0.25, 0.3) is 0 Å². The number of cyclic esters (lactones) is 1. The van der Waals surface area contributed by atoms with Gasteiger partial charge in [-0.2, -0.15) is 13.9 Å². The van der Waals surface area contributed by atoms with E-state index < -0.39 is 24.9 Å². The zero-order chi connectivity index (χ0) is 18.3. The van der Waals surface area contributed by atoms with Crippen LogP contribution < -0.4 is 10.1 Å². The summed E-state index contributed by atoms with van der Waals surface area (Å²) >= 11 is 1.41. The number of halogens is 2. The Morgan fingerprint density at radius 1 is 1.42 bits per heavy atom. The minimum atomic E-state index is -2.70. The highest BCUT2D eigenvalue weighted by Crippen LogP contribution is 2.35. The van der Waals surface area contributed by atoms with Crippen LogP contribution in [-0.4, -0.2) is 39.6 Å². The molecule has 1 aliphatic heterocycles. The lowest BCUT2D eigenvalue weighted by Gasteiger charge is -2.19. The van der Waals surface area contributed by atoms with E-state index in [1.807, 2.05) is 0 Å². The van der Waals surface area contributed by atoms with Gasteiger partial charge in [-0.3, -0.25) is 0 Å². The number of benzene rings is 1. The van der Waals surface area contributed by atoms with Gasteiger partial charge in [-0.1, -0.05) is 0 Å². The fourth-order valence-corrected chi connectivity index (χ4v) is 3.46. The van der Waals surface area contributed by atoms with Crippen molar-refractivity contribution in [2.45, 2.75) is 25.7 Å². The van der Waals surface area contributed by atoms with Crippen molar-refractivity contribution in [2.24, 2.45) is 0 Å². The second-order valence-electron chi connectivity index (χ2n) is 5.81. The first kappa shape index (κ1) is 16.7. The lowest BCUT2D eigenvalue weighted by Crippen LogP contribution is -2.31. The minimum absolute atomic E-state index is 0.368. The highest BCUT2D eigenvalue weighted by molar-refractivity contribution is 7.17. The standard InChI is InChI=1S/C16H14F2N4O3S/c1-8(13-5-19-16(23)25-13)24-12-3-9(2-11-14(12)26-7-20-11)10-4-21-22(6-10)15(17)18/h2-4,6-8,13,15H,5H2,1H3,(H,19,23)/t8-,13-/m1/s1. The molecule has 0 spiro atoms. The largest absolute Gasteiger partial charge is 0.485 e. The number of ether oxygens (including phenoxy) is 2. The van der Waals surface area contributed by atoms with Gasteiger partial charge in [-0.25, -0.2) is 14.5 Å². The first-order valence-electron chi connectivity index (χ1n) is 7.82. The van der Waals surface area contributed by atoms with Crippen molar-refractivity contribution in [1.29, 1.82) is 0 Å². The molecule has 1 fully saturated rings. The van der Waals surface area contributed by atoms with Crippen LogP contribution in [0.2, 0.25) is 0 Å². The van der Waals surface area contributed by atoms with Crippen molar-refractivity contribution >= 4 is 27.6 Å². The van der Waals surface area contributed by atoms with Crippen molar-refractivity contribution < 1.29 is 23.0 Å². The number of amides is 1. The molecule has 136 valence electrons. The molecular weight excluding hydrogens is 366 g/mol. The molecule has 0 bridgehead atoms. The summed E-state index contributed by atoms with van der Waals surface area (Å²) in [5, 5.41) is 6.25. The number of thiazole rings is 1. The quantitative estimate of drug-likeness (QED) is 0.734. The molecule has 1 aromatic carbocycles. The first-order valence-corrected chi connectivity index (χ1v) is 8.70. The van der Waals surface area contributed by atoms with E-state index in [2.05, 4.69) is 15.4 Å². The molecule has 1 aliphatic rings. The van der Waals surface area contributed by atoms with Crippen LogP contribution in [0.3, 0.4) is 0 Å². The van der Waals surface area contributed by atoms with Gasteiger partial charge < -0.3 is 14.8 Å². The smallest absolute Gasteiger partial charge is 0.407 e. The predicted octanol–water partition coefficient (Wildman–Crippen LogP) is 3.43. The van der Waals surface area contributed by atoms with Crippen LogP contribution in [0.4, 0.5) is 13.6 Å². The van der Waals surface area contributed by atoms with Crippen LogP contribution in [0.25, 0.3) is 21.3 Å². The second-order valence-corrected chi connectivity index (χ2v) is 6.66. The molecule has 3 aromatic rings. The third kappa shape index (κ3) is 3.07. The van der Waals surface area contributed by atoms with Crippen molar-refractivity contribution in [3.8, 4) is 16.9 Å². The number of alkyl halides is 2. The van der Waals surface area contributed by atoms with Gasteiger partial charge in [-0.05, 0) is 24.6 Å². The summed E-state index contributed by atoms with van der Waals surface area (Å²) in [6, 6.07) is 3.56. The maximum atomic E-state index is 12.8. The number of aromatic nitrogens is 3. The topological polar surface area (TPSA) is 78.3 Å². The Balaban J connectivity index is 1.67. The summed E-state index contributed by atoms with van der Waals surface area (Å²) in [4.78, 5) is 15.5. The maximum Gasteiger partial charge on any atom is 0.407 e. The fraction of sp³-hybridized carbons (Fsp3) is 0.312. The third-order valence-corrected chi connectivity index (χ3v) is 4.93. The monoisotopic (exact) mass is 380 g/mol. The average molecular weight is 380 g/mol. The van der Waals surface area contributed by atoms with Crippen molar-refractivity contribution in [2.75, 3.05) is 6.54 Å². The molecular formula is C16H14F2N4O3S. The highest BCUT2D eigenvalue weighted by Gasteiger charge is 2.30. The number of carbonyl (C=O) groups is 1. The lowest BCUT2D eigenvalue weighted by atomic mass is 10.1. The fourth-order valence-electron chi connectivity index (χ4n) is 2.73. The Morgan fingerprint density at radius 2 is 2.27 bits per heavy atom.